The number of aromatic nitrogens is 4. The molecule has 0 saturated heterocycles. The molecule has 0 aliphatic rings. The Morgan fingerprint density at radius 3 is 2.69 bits per heavy atom. The van der Waals surface area contributed by atoms with E-state index in [9.17, 15) is 4.79 Å². The molecule has 0 fully saturated rings. The van der Waals surface area contributed by atoms with Gasteiger partial charge in [0.1, 0.15) is 5.82 Å². The van der Waals surface area contributed by atoms with Crippen LogP contribution < -0.4 is 4.90 Å². The van der Waals surface area contributed by atoms with E-state index in [1.807, 2.05) is 73.3 Å². The van der Waals surface area contributed by atoms with E-state index in [2.05, 4.69) is 15.2 Å². The summed E-state index contributed by atoms with van der Waals surface area (Å²) < 4.78 is 1.92. The molecule has 6 nitrogen and oxygen atoms in total. The SMILES string of the molecule is Cc1ccccc1N(Cc1nccn1C)C(=O)c1n[nH]c2ccccc12. The molecule has 130 valence electrons. The number of benzene rings is 2. The lowest BCUT2D eigenvalue weighted by Gasteiger charge is -2.23. The van der Waals surface area contributed by atoms with Crippen molar-refractivity contribution in [2.75, 3.05) is 4.90 Å². The molecule has 1 N–H and O–H groups in total. The van der Waals surface area contributed by atoms with Crippen LogP contribution in [0.2, 0.25) is 0 Å². The molecule has 26 heavy (non-hydrogen) atoms. The number of nitrogens with zero attached hydrogens (tertiary/aromatic N) is 4. The fourth-order valence-electron chi connectivity index (χ4n) is 3.08. The van der Waals surface area contributed by atoms with Crippen molar-refractivity contribution in [1.29, 1.82) is 0 Å². The number of aryl methyl sites for hydroxylation is 2. The zero-order chi connectivity index (χ0) is 18.1. The topological polar surface area (TPSA) is 66.8 Å². The van der Waals surface area contributed by atoms with E-state index in [1.54, 1.807) is 11.1 Å². The summed E-state index contributed by atoms with van der Waals surface area (Å²) >= 11 is 0. The highest BCUT2D eigenvalue weighted by Crippen LogP contribution is 2.25. The van der Waals surface area contributed by atoms with E-state index < -0.39 is 0 Å². The first kappa shape index (κ1) is 16.1. The number of hydrogen-bond acceptors (Lipinski definition) is 3. The normalized spacial score (nSPS) is 11.0. The Hall–Kier alpha value is -3.41. The average Bonchev–Trinajstić information content (AvgIpc) is 3.26. The van der Waals surface area contributed by atoms with E-state index >= 15 is 0 Å². The maximum Gasteiger partial charge on any atom is 0.279 e. The lowest BCUT2D eigenvalue weighted by Crippen LogP contribution is -2.32. The van der Waals surface area contributed by atoms with Gasteiger partial charge in [-0.1, -0.05) is 36.4 Å². The third-order valence-electron chi connectivity index (χ3n) is 4.54. The molecule has 0 unspecified atom stereocenters. The number of amides is 1. The molecule has 0 atom stereocenters. The quantitative estimate of drug-likeness (QED) is 0.616. The molecule has 2 heterocycles. The van der Waals surface area contributed by atoms with Crippen LogP contribution in [0.3, 0.4) is 0 Å². The number of imidazole rings is 1. The van der Waals surface area contributed by atoms with E-state index in [-0.39, 0.29) is 5.91 Å². The molecule has 2 aromatic heterocycles. The summed E-state index contributed by atoms with van der Waals surface area (Å²) in [5, 5.41) is 8.04. The summed E-state index contributed by atoms with van der Waals surface area (Å²) in [5.74, 6) is 0.654. The summed E-state index contributed by atoms with van der Waals surface area (Å²) in [4.78, 5) is 19.5. The zero-order valence-corrected chi connectivity index (χ0v) is 14.7. The fraction of sp³-hybridized carbons (Fsp3) is 0.150. The summed E-state index contributed by atoms with van der Waals surface area (Å²) in [6, 6.07) is 15.5. The van der Waals surface area contributed by atoms with Gasteiger partial charge in [-0.3, -0.25) is 14.8 Å². The minimum absolute atomic E-state index is 0.153. The van der Waals surface area contributed by atoms with Gasteiger partial charge in [0.2, 0.25) is 0 Å². The molecule has 0 bridgehead atoms. The molecule has 6 heteroatoms. The highest BCUT2D eigenvalue weighted by molar-refractivity contribution is 6.12. The zero-order valence-electron chi connectivity index (χ0n) is 14.7. The molecule has 0 spiro atoms. The second kappa shape index (κ2) is 6.48. The van der Waals surface area contributed by atoms with Crippen molar-refractivity contribution in [3.05, 3.63) is 78.0 Å². The second-order valence-corrected chi connectivity index (χ2v) is 6.25. The Labute approximate surface area is 151 Å². The maximum atomic E-state index is 13.4. The standard InChI is InChI=1S/C20H19N5O/c1-14-7-3-6-10-17(14)25(13-18-21-11-12-24(18)2)20(26)19-15-8-4-5-9-16(15)22-23-19/h3-12H,13H2,1-2H3,(H,22,23). The molecule has 1 amide bonds. The first-order chi connectivity index (χ1) is 12.6. The Morgan fingerprint density at radius 1 is 1.15 bits per heavy atom. The predicted octanol–water partition coefficient (Wildman–Crippen LogP) is 3.45. The van der Waals surface area contributed by atoms with Crippen LogP contribution in [-0.2, 0) is 13.6 Å². The number of fused-ring (bicyclic) bond motifs is 1. The van der Waals surface area contributed by atoms with Crippen molar-refractivity contribution in [2.45, 2.75) is 13.5 Å². The maximum absolute atomic E-state index is 13.4. The molecule has 4 aromatic rings. The van der Waals surface area contributed by atoms with Gasteiger partial charge < -0.3 is 4.57 Å². The molecular formula is C20H19N5O. The lowest BCUT2D eigenvalue weighted by molar-refractivity contribution is 0.0981. The van der Waals surface area contributed by atoms with Crippen molar-refractivity contribution in [3.8, 4) is 0 Å². The second-order valence-electron chi connectivity index (χ2n) is 6.25. The van der Waals surface area contributed by atoms with Crippen LogP contribution in [0, 0.1) is 6.92 Å². The number of carbonyl (C=O) groups excluding carboxylic acids is 1. The summed E-state index contributed by atoms with van der Waals surface area (Å²) in [6.07, 6.45) is 3.61. The molecule has 0 aliphatic carbocycles. The van der Waals surface area contributed by atoms with Crippen molar-refractivity contribution in [1.82, 2.24) is 19.7 Å². The third kappa shape index (κ3) is 2.75. The summed E-state index contributed by atoms with van der Waals surface area (Å²) in [7, 11) is 1.92. The van der Waals surface area contributed by atoms with Crippen LogP contribution in [0.5, 0.6) is 0 Å². The van der Waals surface area contributed by atoms with E-state index in [4.69, 9.17) is 0 Å². The molecule has 0 aliphatic heterocycles. The van der Waals surface area contributed by atoms with Crippen LogP contribution in [0.15, 0.2) is 60.9 Å². The third-order valence-corrected chi connectivity index (χ3v) is 4.54. The first-order valence-electron chi connectivity index (χ1n) is 8.42. The molecule has 0 saturated carbocycles. The molecule has 2 aromatic carbocycles. The van der Waals surface area contributed by atoms with E-state index in [0.29, 0.717) is 12.2 Å². The van der Waals surface area contributed by atoms with E-state index in [1.165, 1.54) is 0 Å². The monoisotopic (exact) mass is 345 g/mol. The Balaban J connectivity index is 1.81. The van der Waals surface area contributed by atoms with Gasteiger partial charge in [-0.15, -0.1) is 0 Å². The van der Waals surface area contributed by atoms with Crippen LogP contribution in [0.4, 0.5) is 5.69 Å². The van der Waals surface area contributed by atoms with Gasteiger partial charge in [0, 0.05) is 30.5 Å². The number of hydrogen-bond donors (Lipinski definition) is 1. The smallest absolute Gasteiger partial charge is 0.279 e. The average molecular weight is 345 g/mol. The van der Waals surface area contributed by atoms with Crippen LogP contribution in [-0.4, -0.2) is 25.7 Å². The van der Waals surface area contributed by atoms with Crippen LogP contribution in [0.25, 0.3) is 10.9 Å². The number of rotatable bonds is 4. The van der Waals surface area contributed by atoms with Gasteiger partial charge in [0.05, 0.1) is 12.1 Å². The fourth-order valence-corrected chi connectivity index (χ4v) is 3.08. The van der Waals surface area contributed by atoms with Crippen molar-refractivity contribution in [2.24, 2.45) is 7.05 Å². The minimum Gasteiger partial charge on any atom is -0.337 e. The van der Waals surface area contributed by atoms with Crippen molar-refractivity contribution in [3.63, 3.8) is 0 Å². The van der Waals surface area contributed by atoms with Crippen molar-refractivity contribution >= 4 is 22.5 Å². The van der Waals surface area contributed by atoms with Gasteiger partial charge in [0.25, 0.3) is 5.91 Å². The van der Waals surface area contributed by atoms with E-state index in [0.717, 1.165) is 28.0 Å². The highest BCUT2D eigenvalue weighted by atomic mass is 16.2. The largest absolute Gasteiger partial charge is 0.337 e. The predicted molar refractivity (Wildman–Crippen MR) is 101 cm³/mol. The number of anilines is 1. The number of nitrogens with one attached hydrogen (secondary N) is 1. The van der Waals surface area contributed by atoms with Gasteiger partial charge in [-0.25, -0.2) is 4.98 Å². The Morgan fingerprint density at radius 2 is 1.92 bits per heavy atom. The lowest BCUT2D eigenvalue weighted by atomic mass is 10.1. The van der Waals surface area contributed by atoms with Gasteiger partial charge in [-0.2, -0.15) is 5.10 Å². The minimum atomic E-state index is -0.153. The van der Waals surface area contributed by atoms with Crippen LogP contribution >= 0.6 is 0 Å². The Kier molecular flexibility index (Phi) is 4.01. The summed E-state index contributed by atoms with van der Waals surface area (Å²) in [6.45, 7) is 2.37. The number of carbonyl (C=O) groups is 1. The van der Waals surface area contributed by atoms with Gasteiger partial charge >= 0.3 is 0 Å². The van der Waals surface area contributed by atoms with Gasteiger partial charge in [0.15, 0.2) is 5.69 Å². The molecular weight excluding hydrogens is 326 g/mol. The van der Waals surface area contributed by atoms with Crippen molar-refractivity contribution < 1.29 is 4.79 Å². The first-order valence-corrected chi connectivity index (χ1v) is 8.42. The number of H-pyrrole nitrogens is 1. The van der Waals surface area contributed by atoms with Gasteiger partial charge in [-0.05, 0) is 24.6 Å². The number of para-hydroxylation sites is 2. The highest BCUT2D eigenvalue weighted by Gasteiger charge is 2.24. The Bertz CT molecular complexity index is 1080. The number of aromatic amines is 1. The summed E-state index contributed by atoms with van der Waals surface area (Å²) in [5.41, 5.74) is 3.14. The molecule has 0 radical (unpaired) electrons. The van der Waals surface area contributed by atoms with Crippen LogP contribution in [0.1, 0.15) is 21.9 Å². The molecule has 4 rings (SSSR count).